The topological polar surface area (TPSA) is 78.9 Å². The first-order chi connectivity index (χ1) is 35.0. The van der Waals surface area contributed by atoms with E-state index in [9.17, 15) is 14.4 Å². The molecule has 0 fully saturated rings. The summed E-state index contributed by atoms with van der Waals surface area (Å²) < 4.78 is 16.8. The van der Waals surface area contributed by atoms with Crippen molar-refractivity contribution in [1.29, 1.82) is 0 Å². The van der Waals surface area contributed by atoms with Crippen LogP contribution in [-0.2, 0) is 28.6 Å². The molecular weight excluding hydrogens is 877 g/mol. The minimum atomic E-state index is -0.817. The van der Waals surface area contributed by atoms with Crippen molar-refractivity contribution < 1.29 is 28.6 Å². The number of allylic oxidation sites excluding steroid dienone is 22. The van der Waals surface area contributed by atoms with Gasteiger partial charge in [-0.3, -0.25) is 14.4 Å². The van der Waals surface area contributed by atoms with Gasteiger partial charge in [-0.15, -0.1) is 0 Å². The predicted molar refractivity (Wildman–Crippen MR) is 306 cm³/mol. The Kier molecular flexibility index (Phi) is 54.5. The summed E-state index contributed by atoms with van der Waals surface area (Å²) in [6, 6.07) is 0. The summed E-state index contributed by atoms with van der Waals surface area (Å²) in [4.78, 5) is 38.1. The first-order valence-corrected chi connectivity index (χ1v) is 28.7. The standard InChI is InChI=1S/C65H104O6/c1-4-7-10-13-16-19-22-24-26-28-29-30-31-32-33-34-35-37-38-40-43-46-49-52-55-58-64(67)70-61-62(60-69-63(66)57-54-51-48-45-42-21-18-15-12-9-6-3)71-65(68)59-56-53-50-47-44-41-39-36-27-25-23-20-17-14-11-8-5-2/h7-8,10-11,16-17,19-20,24-27,29-30,32-33,35,37,39,41,47,50,62H,4-6,9,12-15,18,21-23,28,31,34,36,38,40,42-46,48-49,51-61H2,1-3H3/b10-7-,11-8-,19-16-,20-17-,26-24-,27-25-,30-29-,33-32-,37-35-,41-39-,50-47-. The molecule has 6 nitrogen and oxygen atoms in total. The third-order valence-corrected chi connectivity index (χ3v) is 11.7. The minimum Gasteiger partial charge on any atom is -0.462 e. The summed E-state index contributed by atoms with van der Waals surface area (Å²) in [5.74, 6) is -0.987. The highest BCUT2D eigenvalue weighted by atomic mass is 16.6. The third-order valence-electron chi connectivity index (χ3n) is 11.7. The van der Waals surface area contributed by atoms with Crippen LogP contribution in [0.2, 0.25) is 0 Å². The van der Waals surface area contributed by atoms with E-state index < -0.39 is 6.10 Å². The van der Waals surface area contributed by atoms with Crippen LogP contribution in [0.4, 0.5) is 0 Å². The number of hydrogen-bond donors (Lipinski definition) is 0. The van der Waals surface area contributed by atoms with E-state index in [2.05, 4.69) is 154 Å². The highest BCUT2D eigenvalue weighted by Gasteiger charge is 2.19. The molecular formula is C65H104O6. The lowest BCUT2D eigenvalue weighted by Crippen LogP contribution is -2.30. The number of carbonyl (C=O) groups excluding carboxylic acids is 3. The number of unbranched alkanes of at least 4 members (excludes halogenated alkanes) is 17. The molecule has 0 amide bonds. The van der Waals surface area contributed by atoms with Crippen molar-refractivity contribution in [2.24, 2.45) is 0 Å². The van der Waals surface area contributed by atoms with E-state index in [1.807, 2.05) is 0 Å². The van der Waals surface area contributed by atoms with Crippen LogP contribution in [-0.4, -0.2) is 37.2 Å². The van der Waals surface area contributed by atoms with Crippen molar-refractivity contribution in [3.8, 4) is 0 Å². The number of rotatable bonds is 50. The molecule has 6 heteroatoms. The normalized spacial score (nSPS) is 13.1. The van der Waals surface area contributed by atoms with Gasteiger partial charge < -0.3 is 14.2 Å². The zero-order chi connectivity index (χ0) is 51.4. The first-order valence-electron chi connectivity index (χ1n) is 28.7. The SMILES string of the molecule is CC/C=C\C/C=C\C/C=C\C/C=C\C/C=C\C/C=C\CCCCCCCCC(=O)OCC(COC(=O)CCCCCCCCCCCCC)OC(=O)CCC/C=C\C/C=C\C/C=C\C/C=C\C/C=C\CC. The molecule has 0 rings (SSSR count). The van der Waals surface area contributed by atoms with E-state index >= 15 is 0 Å². The largest absolute Gasteiger partial charge is 0.462 e. The summed E-state index contributed by atoms with van der Waals surface area (Å²) in [5.41, 5.74) is 0. The van der Waals surface area contributed by atoms with Crippen molar-refractivity contribution in [2.45, 2.75) is 245 Å². The van der Waals surface area contributed by atoms with E-state index in [1.54, 1.807) is 0 Å². The number of carbonyl (C=O) groups is 3. The van der Waals surface area contributed by atoms with Crippen molar-refractivity contribution in [3.05, 3.63) is 134 Å². The maximum Gasteiger partial charge on any atom is 0.306 e. The Bertz CT molecular complexity index is 1550. The number of esters is 3. The third kappa shape index (κ3) is 56.3. The van der Waals surface area contributed by atoms with Crippen LogP contribution in [0.5, 0.6) is 0 Å². The molecule has 1 unspecified atom stereocenters. The molecule has 0 radical (unpaired) electrons. The van der Waals surface area contributed by atoms with Gasteiger partial charge in [0.2, 0.25) is 0 Å². The van der Waals surface area contributed by atoms with Gasteiger partial charge in [0.05, 0.1) is 0 Å². The maximum absolute atomic E-state index is 12.8. The van der Waals surface area contributed by atoms with Gasteiger partial charge in [0.1, 0.15) is 13.2 Å². The van der Waals surface area contributed by atoms with Gasteiger partial charge in [-0.2, -0.15) is 0 Å². The Hall–Kier alpha value is -4.45. The molecule has 0 aromatic rings. The molecule has 71 heavy (non-hydrogen) atoms. The van der Waals surface area contributed by atoms with Gasteiger partial charge in [0.15, 0.2) is 6.10 Å². The Balaban J connectivity index is 4.44. The van der Waals surface area contributed by atoms with Crippen LogP contribution < -0.4 is 0 Å². The van der Waals surface area contributed by atoms with E-state index in [0.717, 1.165) is 128 Å². The second kappa shape index (κ2) is 58.1. The van der Waals surface area contributed by atoms with Gasteiger partial charge in [-0.25, -0.2) is 0 Å². The van der Waals surface area contributed by atoms with E-state index in [-0.39, 0.29) is 37.5 Å². The quantitative estimate of drug-likeness (QED) is 0.0262. The van der Waals surface area contributed by atoms with Gasteiger partial charge in [-0.05, 0) is 109 Å². The van der Waals surface area contributed by atoms with E-state index in [4.69, 9.17) is 14.2 Å². The highest BCUT2D eigenvalue weighted by Crippen LogP contribution is 2.14. The molecule has 0 aromatic carbocycles. The lowest BCUT2D eigenvalue weighted by molar-refractivity contribution is -0.167. The summed E-state index contributed by atoms with van der Waals surface area (Å²) >= 11 is 0. The van der Waals surface area contributed by atoms with Crippen molar-refractivity contribution >= 4 is 17.9 Å². The second-order valence-electron chi connectivity index (χ2n) is 18.4. The number of ether oxygens (including phenoxy) is 3. The van der Waals surface area contributed by atoms with Crippen LogP contribution in [0.25, 0.3) is 0 Å². The zero-order valence-corrected chi connectivity index (χ0v) is 45.7. The molecule has 0 saturated carbocycles. The molecule has 0 aliphatic heterocycles. The molecule has 0 bridgehead atoms. The Labute approximate surface area is 436 Å². The summed E-state index contributed by atoms with van der Waals surface area (Å²) in [6.45, 7) is 6.33. The van der Waals surface area contributed by atoms with E-state index in [0.29, 0.717) is 19.3 Å². The maximum atomic E-state index is 12.8. The molecule has 0 N–H and O–H groups in total. The van der Waals surface area contributed by atoms with E-state index in [1.165, 1.54) is 64.2 Å². The predicted octanol–water partition coefficient (Wildman–Crippen LogP) is 19.4. The average Bonchev–Trinajstić information content (AvgIpc) is 3.37. The summed E-state index contributed by atoms with van der Waals surface area (Å²) in [6.07, 6.45) is 81.6. The van der Waals surface area contributed by atoms with Gasteiger partial charge >= 0.3 is 17.9 Å². The molecule has 0 spiro atoms. The Morgan fingerprint density at radius 3 is 0.901 bits per heavy atom. The smallest absolute Gasteiger partial charge is 0.306 e. The van der Waals surface area contributed by atoms with Crippen LogP contribution in [0.3, 0.4) is 0 Å². The average molecular weight is 982 g/mol. The van der Waals surface area contributed by atoms with Gasteiger partial charge in [0, 0.05) is 19.3 Å². The monoisotopic (exact) mass is 981 g/mol. The van der Waals surface area contributed by atoms with Crippen molar-refractivity contribution in [3.63, 3.8) is 0 Å². The molecule has 1 atom stereocenters. The lowest BCUT2D eigenvalue weighted by Gasteiger charge is -2.18. The van der Waals surface area contributed by atoms with Crippen LogP contribution in [0.1, 0.15) is 239 Å². The first kappa shape index (κ1) is 66.6. The molecule has 0 aliphatic carbocycles. The summed E-state index contributed by atoms with van der Waals surface area (Å²) in [7, 11) is 0. The fourth-order valence-electron chi connectivity index (χ4n) is 7.42. The zero-order valence-electron chi connectivity index (χ0n) is 45.7. The lowest BCUT2D eigenvalue weighted by atomic mass is 10.1. The number of hydrogen-bond acceptors (Lipinski definition) is 6. The molecule has 0 aromatic heterocycles. The summed E-state index contributed by atoms with van der Waals surface area (Å²) in [5, 5.41) is 0. The highest BCUT2D eigenvalue weighted by molar-refractivity contribution is 5.71. The molecule has 0 heterocycles. The fourth-order valence-corrected chi connectivity index (χ4v) is 7.42. The Morgan fingerprint density at radius 1 is 0.296 bits per heavy atom. The van der Waals surface area contributed by atoms with Crippen molar-refractivity contribution in [2.75, 3.05) is 13.2 Å². The molecule has 0 aliphatic rings. The fraction of sp³-hybridized carbons (Fsp3) is 0.615. The molecule has 0 saturated heterocycles. The van der Waals surface area contributed by atoms with Gasteiger partial charge in [0.25, 0.3) is 0 Å². The van der Waals surface area contributed by atoms with Crippen LogP contribution in [0, 0.1) is 0 Å². The Morgan fingerprint density at radius 2 is 0.563 bits per heavy atom. The van der Waals surface area contributed by atoms with Gasteiger partial charge in [-0.1, -0.05) is 244 Å². The second-order valence-corrected chi connectivity index (χ2v) is 18.4. The van der Waals surface area contributed by atoms with Crippen LogP contribution in [0.15, 0.2) is 134 Å². The van der Waals surface area contributed by atoms with Crippen LogP contribution >= 0.6 is 0 Å². The minimum absolute atomic E-state index is 0.108. The van der Waals surface area contributed by atoms with Crippen molar-refractivity contribution in [1.82, 2.24) is 0 Å². The molecule has 400 valence electrons.